The predicted molar refractivity (Wildman–Crippen MR) is 113 cm³/mol. The second-order valence-electron chi connectivity index (χ2n) is 6.20. The molecule has 0 N–H and O–H groups in total. The van der Waals surface area contributed by atoms with Crippen LogP contribution in [-0.2, 0) is 18.0 Å². The number of hydrogen-bond acceptors (Lipinski definition) is 4. The topological polar surface area (TPSA) is 38.1 Å². The van der Waals surface area contributed by atoms with Crippen LogP contribution in [0, 0.1) is 0 Å². The Hall–Kier alpha value is -2.36. The maximum absolute atomic E-state index is 13.2. The van der Waals surface area contributed by atoms with Gasteiger partial charge in [0.15, 0.2) is 4.32 Å². The van der Waals surface area contributed by atoms with Gasteiger partial charge in [-0.3, -0.25) is 9.69 Å². The lowest BCUT2D eigenvalue weighted by molar-refractivity contribution is -0.137. The molecule has 1 aliphatic heterocycles. The molecular weight excluding hydrogens is 443 g/mol. The highest BCUT2D eigenvalue weighted by molar-refractivity contribution is 8.27. The minimum Gasteiger partial charge on any atom is -0.328 e. The quantitative estimate of drug-likeness (QED) is 0.371. The summed E-state index contributed by atoms with van der Waals surface area (Å²) in [5, 5.41) is -0.443. The number of imidazole rings is 1. The molecule has 0 bridgehead atoms. The monoisotopic (exact) mass is 453 g/mol. The summed E-state index contributed by atoms with van der Waals surface area (Å²) in [6.45, 7) is 0. The van der Waals surface area contributed by atoms with Crippen molar-refractivity contribution >= 4 is 68.6 Å². The third kappa shape index (κ3) is 3.54. The molecule has 1 aliphatic rings. The molecule has 10 heteroatoms. The van der Waals surface area contributed by atoms with Crippen molar-refractivity contribution in [3.8, 4) is 0 Å². The number of alkyl halides is 3. The Kier molecular flexibility index (Phi) is 4.92. The van der Waals surface area contributed by atoms with Crippen LogP contribution in [0.15, 0.2) is 47.4 Å². The number of aromatic nitrogens is 2. The standard InChI is InChI=1S/C19H11ClF3N3OS2/c1-25-14-5-3-2-4-13(14)24-16(25)9-15-17(27)26(18(28)29-15)10-6-7-12(20)11(8-10)19(21,22)23/h2-9H,1H3. The molecule has 2 heterocycles. The van der Waals surface area contributed by atoms with E-state index in [-0.39, 0.29) is 14.9 Å². The lowest BCUT2D eigenvalue weighted by atomic mass is 10.2. The number of carbonyl (C=O) groups is 1. The summed E-state index contributed by atoms with van der Waals surface area (Å²) in [5.41, 5.74) is 0.647. The number of carbonyl (C=O) groups excluding carboxylic acids is 1. The molecule has 1 amide bonds. The van der Waals surface area contributed by atoms with Gasteiger partial charge < -0.3 is 4.57 Å². The number of amides is 1. The van der Waals surface area contributed by atoms with Crippen molar-refractivity contribution in [2.45, 2.75) is 6.18 Å². The van der Waals surface area contributed by atoms with Gasteiger partial charge in [-0.15, -0.1) is 0 Å². The van der Waals surface area contributed by atoms with Crippen molar-refractivity contribution in [3.05, 3.63) is 63.8 Å². The Morgan fingerprint density at radius 2 is 1.93 bits per heavy atom. The number of fused-ring (bicyclic) bond motifs is 1. The van der Waals surface area contributed by atoms with Crippen LogP contribution in [0.4, 0.5) is 18.9 Å². The van der Waals surface area contributed by atoms with Crippen LogP contribution in [0.5, 0.6) is 0 Å². The van der Waals surface area contributed by atoms with E-state index < -0.39 is 22.7 Å². The SMILES string of the molecule is Cn1c(C=C2SC(=S)N(c3ccc(Cl)c(C(F)(F)F)c3)C2=O)nc2ccccc21. The van der Waals surface area contributed by atoms with E-state index in [4.69, 9.17) is 23.8 Å². The molecule has 4 nitrogen and oxygen atoms in total. The van der Waals surface area contributed by atoms with Crippen molar-refractivity contribution in [2.24, 2.45) is 7.05 Å². The highest BCUT2D eigenvalue weighted by Gasteiger charge is 2.37. The van der Waals surface area contributed by atoms with Crippen LogP contribution in [-0.4, -0.2) is 19.8 Å². The molecule has 4 rings (SSSR count). The minimum absolute atomic E-state index is 0.0117. The molecule has 0 saturated carbocycles. The number of nitrogens with zero attached hydrogens (tertiary/aromatic N) is 3. The number of thiocarbonyl (C=S) groups is 1. The first-order valence-corrected chi connectivity index (χ1v) is 9.83. The van der Waals surface area contributed by atoms with E-state index in [9.17, 15) is 18.0 Å². The summed E-state index contributed by atoms with van der Waals surface area (Å²) in [6.07, 6.45) is -3.06. The zero-order chi connectivity index (χ0) is 20.9. The van der Waals surface area contributed by atoms with Crippen LogP contribution in [0.3, 0.4) is 0 Å². The molecule has 0 aliphatic carbocycles. The highest BCUT2D eigenvalue weighted by Crippen LogP contribution is 2.41. The van der Waals surface area contributed by atoms with Gasteiger partial charge in [-0.05, 0) is 30.3 Å². The van der Waals surface area contributed by atoms with Gasteiger partial charge in [0, 0.05) is 13.1 Å². The zero-order valence-electron chi connectivity index (χ0n) is 14.7. The minimum atomic E-state index is -4.64. The molecule has 0 unspecified atom stereocenters. The van der Waals surface area contributed by atoms with E-state index in [0.29, 0.717) is 5.82 Å². The highest BCUT2D eigenvalue weighted by atomic mass is 35.5. The second-order valence-corrected chi connectivity index (χ2v) is 8.28. The first-order valence-electron chi connectivity index (χ1n) is 8.23. The number of anilines is 1. The summed E-state index contributed by atoms with van der Waals surface area (Å²) in [4.78, 5) is 18.7. The summed E-state index contributed by atoms with van der Waals surface area (Å²) in [6, 6.07) is 10.8. The molecule has 29 heavy (non-hydrogen) atoms. The third-order valence-corrected chi connectivity index (χ3v) is 6.02. The van der Waals surface area contributed by atoms with Crippen LogP contribution < -0.4 is 4.90 Å². The van der Waals surface area contributed by atoms with E-state index in [1.165, 1.54) is 6.07 Å². The van der Waals surface area contributed by atoms with Gasteiger partial charge in [0.1, 0.15) is 5.82 Å². The lowest BCUT2D eigenvalue weighted by Gasteiger charge is -2.17. The Morgan fingerprint density at radius 1 is 1.21 bits per heavy atom. The lowest BCUT2D eigenvalue weighted by Crippen LogP contribution is -2.27. The number of halogens is 4. The van der Waals surface area contributed by atoms with Gasteiger partial charge in [-0.1, -0.05) is 47.7 Å². The summed E-state index contributed by atoms with van der Waals surface area (Å²) in [7, 11) is 1.82. The Labute approximate surface area is 178 Å². The van der Waals surface area contributed by atoms with Gasteiger partial charge in [0.05, 0.1) is 32.2 Å². The van der Waals surface area contributed by atoms with Gasteiger partial charge in [-0.25, -0.2) is 4.98 Å². The molecule has 0 radical (unpaired) electrons. The fraction of sp³-hybridized carbons (Fsp3) is 0.105. The maximum atomic E-state index is 13.2. The number of para-hydroxylation sites is 2. The van der Waals surface area contributed by atoms with Crippen molar-refractivity contribution in [2.75, 3.05) is 4.90 Å². The smallest absolute Gasteiger partial charge is 0.328 e. The Bertz CT molecular complexity index is 1200. The van der Waals surface area contributed by atoms with E-state index >= 15 is 0 Å². The number of aryl methyl sites for hydroxylation is 1. The fourth-order valence-electron chi connectivity index (χ4n) is 2.97. The number of hydrogen-bond donors (Lipinski definition) is 0. The van der Waals surface area contributed by atoms with Crippen LogP contribution in [0.1, 0.15) is 11.4 Å². The van der Waals surface area contributed by atoms with Crippen molar-refractivity contribution in [1.82, 2.24) is 9.55 Å². The third-order valence-electron chi connectivity index (χ3n) is 4.39. The normalized spacial score (nSPS) is 16.4. The molecule has 0 spiro atoms. The van der Waals surface area contributed by atoms with Crippen molar-refractivity contribution in [1.29, 1.82) is 0 Å². The molecule has 2 aromatic carbocycles. The number of thioether (sulfide) groups is 1. The molecule has 1 saturated heterocycles. The van der Waals surface area contributed by atoms with E-state index in [1.54, 1.807) is 6.08 Å². The number of rotatable bonds is 2. The van der Waals surface area contributed by atoms with E-state index in [2.05, 4.69) is 4.98 Å². The van der Waals surface area contributed by atoms with Gasteiger partial charge in [0.25, 0.3) is 5.91 Å². The van der Waals surface area contributed by atoms with Crippen LogP contribution in [0.25, 0.3) is 17.1 Å². The molecule has 1 fully saturated rings. The molecule has 1 aromatic heterocycles. The molecule has 0 atom stereocenters. The number of benzene rings is 2. The second kappa shape index (κ2) is 7.16. The molecule has 3 aromatic rings. The summed E-state index contributed by atoms with van der Waals surface area (Å²) < 4.78 is 41.5. The average Bonchev–Trinajstić information content (AvgIpc) is 3.12. The van der Waals surface area contributed by atoms with Crippen molar-refractivity contribution in [3.63, 3.8) is 0 Å². The van der Waals surface area contributed by atoms with Crippen molar-refractivity contribution < 1.29 is 18.0 Å². The zero-order valence-corrected chi connectivity index (χ0v) is 17.1. The van der Waals surface area contributed by atoms with Gasteiger partial charge in [-0.2, -0.15) is 13.2 Å². The Morgan fingerprint density at radius 3 is 2.62 bits per heavy atom. The van der Waals surface area contributed by atoms with E-state index in [0.717, 1.165) is 39.8 Å². The predicted octanol–water partition coefficient (Wildman–Crippen LogP) is 5.65. The van der Waals surface area contributed by atoms with Crippen LogP contribution in [0.2, 0.25) is 5.02 Å². The largest absolute Gasteiger partial charge is 0.417 e. The first-order chi connectivity index (χ1) is 13.7. The Balaban J connectivity index is 1.73. The van der Waals surface area contributed by atoms with E-state index in [1.807, 2.05) is 35.9 Å². The maximum Gasteiger partial charge on any atom is 0.417 e. The molecular formula is C19H11ClF3N3OS2. The summed E-state index contributed by atoms with van der Waals surface area (Å²) in [5.74, 6) is 0.0290. The van der Waals surface area contributed by atoms with Gasteiger partial charge in [0.2, 0.25) is 0 Å². The average molecular weight is 454 g/mol. The van der Waals surface area contributed by atoms with Crippen LogP contribution >= 0.6 is 35.6 Å². The van der Waals surface area contributed by atoms with Gasteiger partial charge >= 0.3 is 6.18 Å². The molecule has 148 valence electrons. The fourth-order valence-corrected chi connectivity index (χ4v) is 4.46. The summed E-state index contributed by atoms with van der Waals surface area (Å²) >= 11 is 11.9. The first kappa shape index (κ1) is 19.9.